The molecule has 0 atom stereocenters. The Balaban J connectivity index is 2.07. The van der Waals surface area contributed by atoms with Crippen LogP contribution in [0.1, 0.15) is 27.9 Å². The van der Waals surface area contributed by atoms with Crippen molar-refractivity contribution in [3.8, 4) is 5.75 Å². The van der Waals surface area contributed by atoms with Crippen LogP contribution in [0.2, 0.25) is 0 Å². The molecule has 2 aromatic carbocycles. The van der Waals surface area contributed by atoms with E-state index in [1.807, 2.05) is 37.3 Å². The summed E-state index contributed by atoms with van der Waals surface area (Å²) in [5.41, 5.74) is 3.28. The minimum atomic E-state index is -0.0590. The molecule has 0 spiro atoms. The largest absolute Gasteiger partial charge is 0.506 e. The number of phenols is 1. The second-order valence-electron chi connectivity index (χ2n) is 5.26. The van der Waals surface area contributed by atoms with E-state index in [1.54, 1.807) is 11.0 Å². The van der Waals surface area contributed by atoms with Crippen LogP contribution in [-0.2, 0) is 6.42 Å². The minimum absolute atomic E-state index is 0.0590. The van der Waals surface area contributed by atoms with E-state index in [2.05, 4.69) is 15.9 Å². The number of rotatable bonds is 1. The first kappa shape index (κ1) is 14.1. The smallest absolute Gasteiger partial charge is 0.258 e. The van der Waals surface area contributed by atoms with Gasteiger partial charge >= 0.3 is 0 Å². The first-order chi connectivity index (χ1) is 10.1. The van der Waals surface area contributed by atoms with Gasteiger partial charge in [0.05, 0.1) is 5.69 Å². The number of para-hydroxylation sites is 1. The van der Waals surface area contributed by atoms with Gasteiger partial charge in [-0.05, 0) is 49.1 Å². The molecule has 1 amide bonds. The van der Waals surface area contributed by atoms with Gasteiger partial charge in [0, 0.05) is 16.6 Å². The highest BCUT2D eigenvalue weighted by Gasteiger charge is 2.27. The maximum Gasteiger partial charge on any atom is 0.258 e. The predicted octanol–water partition coefficient (Wildman–Crippen LogP) is 4.06. The van der Waals surface area contributed by atoms with Crippen molar-refractivity contribution in [3.05, 3.63) is 57.6 Å². The van der Waals surface area contributed by atoms with Crippen LogP contribution in [0.15, 0.2) is 40.9 Å². The van der Waals surface area contributed by atoms with Gasteiger partial charge < -0.3 is 10.0 Å². The molecule has 1 aliphatic rings. The quantitative estimate of drug-likeness (QED) is 0.846. The molecule has 0 radical (unpaired) electrons. The molecule has 108 valence electrons. The zero-order chi connectivity index (χ0) is 15.0. The van der Waals surface area contributed by atoms with Gasteiger partial charge in [-0.1, -0.05) is 34.1 Å². The van der Waals surface area contributed by atoms with Crippen molar-refractivity contribution >= 4 is 27.5 Å². The molecule has 0 aliphatic carbocycles. The lowest BCUT2D eigenvalue weighted by atomic mass is 9.99. The van der Waals surface area contributed by atoms with E-state index in [1.165, 1.54) is 0 Å². The van der Waals surface area contributed by atoms with Crippen LogP contribution < -0.4 is 4.90 Å². The normalized spacial score (nSPS) is 13.9. The molecule has 0 saturated carbocycles. The lowest BCUT2D eigenvalue weighted by Gasteiger charge is -2.30. The molecule has 21 heavy (non-hydrogen) atoms. The molecule has 3 nitrogen and oxygen atoms in total. The fraction of sp³-hybridized carbons (Fsp3) is 0.235. The van der Waals surface area contributed by atoms with E-state index >= 15 is 0 Å². The molecule has 1 heterocycles. The number of amides is 1. The van der Waals surface area contributed by atoms with Gasteiger partial charge in [-0.2, -0.15) is 0 Å². The summed E-state index contributed by atoms with van der Waals surface area (Å²) in [6, 6.07) is 11.1. The minimum Gasteiger partial charge on any atom is -0.506 e. The lowest BCUT2D eigenvalue weighted by molar-refractivity contribution is 0.0983. The van der Waals surface area contributed by atoms with Gasteiger partial charge in [0.2, 0.25) is 0 Å². The third-order valence-electron chi connectivity index (χ3n) is 3.94. The Morgan fingerprint density at radius 1 is 1.24 bits per heavy atom. The van der Waals surface area contributed by atoms with Crippen LogP contribution in [0, 0.1) is 6.92 Å². The average molecular weight is 346 g/mol. The molecule has 0 saturated heterocycles. The van der Waals surface area contributed by atoms with Crippen molar-refractivity contribution in [1.82, 2.24) is 0 Å². The number of anilines is 1. The summed E-state index contributed by atoms with van der Waals surface area (Å²) in [5, 5.41) is 10.1. The number of hydrogen-bond donors (Lipinski definition) is 1. The number of phenolic OH excluding ortho intramolecular Hbond substituents is 1. The SMILES string of the molecule is Cc1c(Br)cccc1C(=O)N1CCCc2cccc(O)c21. The zero-order valence-corrected chi connectivity index (χ0v) is 13.4. The van der Waals surface area contributed by atoms with Crippen molar-refractivity contribution < 1.29 is 9.90 Å². The number of halogens is 1. The molecule has 0 bridgehead atoms. The average Bonchev–Trinajstić information content (AvgIpc) is 2.49. The number of benzene rings is 2. The Morgan fingerprint density at radius 3 is 2.81 bits per heavy atom. The number of nitrogens with zero attached hydrogens (tertiary/aromatic N) is 1. The number of carbonyl (C=O) groups is 1. The fourth-order valence-electron chi connectivity index (χ4n) is 2.82. The fourth-order valence-corrected chi connectivity index (χ4v) is 3.18. The number of hydrogen-bond acceptors (Lipinski definition) is 2. The van der Waals surface area contributed by atoms with Gasteiger partial charge in [-0.15, -0.1) is 0 Å². The van der Waals surface area contributed by atoms with Crippen LogP contribution in [-0.4, -0.2) is 17.6 Å². The summed E-state index contributed by atoms with van der Waals surface area (Å²) in [6.45, 7) is 2.56. The van der Waals surface area contributed by atoms with E-state index in [0.29, 0.717) is 17.8 Å². The van der Waals surface area contributed by atoms with Crippen molar-refractivity contribution in [2.75, 3.05) is 11.4 Å². The van der Waals surface area contributed by atoms with Crippen molar-refractivity contribution in [1.29, 1.82) is 0 Å². The van der Waals surface area contributed by atoms with Crippen LogP contribution in [0.4, 0.5) is 5.69 Å². The summed E-state index contributed by atoms with van der Waals surface area (Å²) in [4.78, 5) is 14.6. The van der Waals surface area contributed by atoms with Gasteiger partial charge in [0.1, 0.15) is 5.75 Å². The second kappa shape index (κ2) is 5.53. The third kappa shape index (κ3) is 2.44. The Bertz CT molecular complexity index is 712. The Hall–Kier alpha value is -1.81. The second-order valence-corrected chi connectivity index (χ2v) is 6.11. The van der Waals surface area contributed by atoms with E-state index in [9.17, 15) is 9.90 Å². The Morgan fingerprint density at radius 2 is 2.00 bits per heavy atom. The molecule has 1 aliphatic heterocycles. The molecular formula is C17H16BrNO2. The molecule has 0 fully saturated rings. The van der Waals surface area contributed by atoms with Gasteiger partial charge in [0.25, 0.3) is 5.91 Å². The summed E-state index contributed by atoms with van der Waals surface area (Å²) < 4.78 is 0.919. The van der Waals surface area contributed by atoms with E-state index < -0.39 is 0 Å². The van der Waals surface area contributed by atoms with Crippen molar-refractivity contribution in [2.24, 2.45) is 0 Å². The molecule has 0 aromatic heterocycles. The first-order valence-corrected chi connectivity index (χ1v) is 7.76. The van der Waals surface area contributed by atoms with E-state index in [0.717, 1.165) is 28.4 Å². The summed E-state index contributed by atoms with van der Waals surface area (Å²) >= 11 is 3.46. The molecular weight excluding hydrogens is 330 g/mol. The third-order valence-corrected chi connectivity index (χ3v) is 4.80. The van der Waals surface area contributed by atoms with Gasteiger partial charge in [0.15, 0.2) is 0 Å². The number of aromatic hydroxyl groups is 1. The number of aryl methyl sites for hydroxylation is 1. The van der Waals surface area contributed by atoms with E-state index in [-0.39, 0.29) is 11.7 Å². The topological polar surface area (TPSA) is 40.5 Å². The number of carbonyl (C=O) groups excluding carboxylic acids is 1. The van der Waals surface area contributed by atoms with Crippen LogP contribution >= 0.6 is 15.9 Å². The summed E-state index contributed by atoms with van der Waals surface area (Å²) in [6.07, 6.45) is 1.81. The van der Waals surface area contributed by atoms with E-state index in [4.69, 9.17) is 0 Å². The lowest BCUT2D eigenvalue weighted by Crippen LogP contribution is -2.36. The zero-order valence-electron chi connectivity index (χ0n) is 11.8. The first-order valence-electron chi connectivity index (χ1n) is 6.97. The molecule has 2 aromatic rings. The molecule has 1 N–H and O–H groups in total. The molecule has 3 rings (SSSR count). The number of fused-ring (bicyclic) bond motifs is 1. The maximum absolute atomic E-state index is 12.9. The van der Waals surface area contributed by atoms with Crippen molar-refractivity contribution in [2.45, 2.75) is 19.8 Å². The summed E-state index contributed by atoms with van der Waals surface area (Å²) in [7, 11) is 0. The van der Waals surface area contributed by atoms with Gasteiger partial charge in [-0.25, -0.2) is 0 Å². The standard InChI is InChI=1S/C17H16BrNO2/c1-11-13(7-3-8-14(11)18)17(21)19-10-4-6-12-5-2-9-15(20)16(12)19/h2-3,5,7-9,20H,4,6,10H2,1H3. The maximum atomic E-state index is 12.9. The highest BCUT2D eigenvalue weighted by molar-refractivity contribution is 9.10. The van der Waals surface area contributed by atoms with Gasteiger partial charge in [-0.3, -0.25) is 4.79 Å². The van der Waals surface area contributed by atoms with Crippen LogP contribution in [0.3, 0.4) is 0 Å². The highest BCUT2D eigenvalue weighted by atomic mass is 79.9. The summed E-state index contributed by atoms with van der Waals surface area (Å²) in [5.74, 6) is 0.115. The Labute approximate surface area is 132 Å². The highest BCUT2D eigenvalue weighted by Crippen LogP contribution is 2.36. The van der Waals surface area contributed by atoms with Crippen molar-refractivity contribution in [3.63, 3.8) is 0 Å². The Kier molecular flexibility index (Phi) is 3.72. The monoisotopic (exact) mass is 345 g/mol. The molecule has 4 heteroatoms. The van der Waals surface area contributed by atoms with Crippen LogP contribution in [0.5, 0.6) is 5.75 Å². The molecule has 0 unspecified atom stereocenters. The van der Waals surface area contributed by atoms with Crippen LogP contribution in [0.25, 0.3) is 0 Å². The predicted molar refractivity (Wildman–Crippen MR) is 87.0 cm³/mol.